The SMILES string of the molecule is COc1cc(C)c(CNCCC(C)(C)N)cc1C. The molecule has 1 rings (SSSR count). The molecule has 1 aromatic carbocycles. The van der Waals surface area contributed by atoms with Gasteiger partial charge in [-0.3, -0.25) is 0 Å². The third-order valence-corrected chi connectivity index (χ3v) is 3.11. The summed E-state index contributed by atoms with van der Waals surface area (Å²) in [5.41, 5.74) is 9.61. The highest BCUT2D eigenvalue weighted by Crippen LogP contribution is 2.22. The number of hydrogen-bond acceptors (Lipinski definition) is 3. The molecule has 0 amide bonds. The molecule has 3 heteroatoms. The van der Waals surface area contributed by atoms with E-state index in [1.807, 2.05) is 0 Å². The Hall–Kier alpha value is -1.06. The molecule has 0 aliphatic carbocycles. The second kappa shape index (κ2) is 6.21. The second-order valence-corrected chi connectivity index (χ2v) is 5.66. The first-order chi connectivity index (χ1) is 8.33. The monoisotopic (exact) mass is 250 g/mol. The second-order valence-electron chi connectivity index (χ2n) is 5.66. The minimum Gasteiger partial charge on any atom is -0.496 e. The fraction of sp³-hybridized carbons (Fsp3) is 0.600. The van der Waals surface area contributed by atoms with Crippen LogP contribution in [0, 0.1) is 13.8 Å². The van der Waals surface area contributed by atoms with Crippen LogP contribution >= 0.6 is 0 Å². The van der Waals surface area contributed by atoms with Gasteiger partial charge in [0.05, 0.1) is 7.11 Å². The average Bonchev–Trinajstić information content (AvgIpc) is 2.27. The predicted molar refractivity (Wildman–Crippen MR) is 77.1 cm³/mol. The van der Waals surface area contributed by atoms with Crippen LogP contribution in [0.3, 0.4) is 0 Å². The molecule has 0 heterocycles. The van der Waals surface area contributed by atoms with E-state index in [0.717, 1.165) is 25.3 Å². The van der Waals surface area contributed by atoms with E-state index < -0.39 is 0 Å². The molecule has 1 aromatic rings. The van der Waals surface area contributed by atoms with Crippen molar-refractivity contribution in [1.82, 2.24) is 5.32 Å². The van der Waals surface area contributed by atoms with Gasteiger partial charge in [0.15, 0.2) is 0 Å². The Labute approximate surface area is 111 Å². The maximum absolute atomic E-state index is 5.95. The van der Waals surface area contributed by atoms with Crippen LogP contribution in [0.2, 0.25) is 0 Å². The number of nitrogens with two attached hydrogens (primary N) is 1. The molecule has 3 nitrogen and oxygen atoms in total. The van der Waals surface area contributed by atoms with E-state index >= 15 is 0 Å². The smallest absolute Gasteiger partial charge is 0.122 e. The van der Waals surface area contributed by atoms with Gasteiger partial charge in [0.25, 0.3) is 0 Å². The number of rotatable bonds is 6. The third kappa shape index (κ3) is 4.67. The number of methoxy groups -OCH3 is 1. The highest BCUT2D eigenvalue weighted by Gasteiger charge is 2.09. The molecule has 0 atom stereocenters. The van der Waals surface area contributed by atoms with Crippen LogP contribution in [-0.4, -0.2) is 19.2 Å². The number of aryl methyl sites for hydroxylation is 2. The fourth-order valence-electron chi connectivity index (χ4n) is 1.89. The third-order valence-electron chi connectivity index (χ3n) is 3.11. The van der Waals surface area contributed by atoms with Gasteiger partial charge < -0.3 is 15.8 Å². The van der Waals surface area contributed by atoms with E-state index in [0.29, 0.717) is 0 Å². The molecule has 0 saturated carbocycles. The first-order valence-electron chi connectivity index (χ1n) is 6.47. The van der Waals surface area contributed by atoms with Crippen LogP contribution in [0.1, 0.15) is 37.0 Å². The number of benzene rings is 1. The molecule has 0 aromatic heterocycles. The molecule has 102 valence electrons. The molecule has 0 saturated heterocycles. The van der Waals surface area contributed by atoms with Gasteiger partial charge in [-0.05, 0) is 63.4 Å². The van der Waals surface area contributed by atoms with E-state index in [2.05, 4.69) is 45.1 Å². The highest BCUT2D eigenvalue weighted by molar-refractivity contribution is 5.41. The van der Waals surface area contributed by atoms with Gasteiger partial charge in [0.1, 0.15) is 5.75 Å². The highest BCUT2D eigenvalue weighted by atomic mass is 16.5. The van der Waals surface area contributed by atoms with Crippen molar-refractivity contribution in [2.24, 2.45) is 5.73 Å². The molecule has 0 radical (unpaired) electrons. The first kappa shape index (κ1) is 15.0. The normalized spacial score (nSPS) is 11.7. The molecule has 0 aliphatic rings. The zero-order valence-electron chi connectivity index (χ0n) is 12.3. The van der Waals surface area contributed by atoms with Gasteiger partial charge in [-0.15, -0.1) is 0 Å². The Morgan fingerprint density at radius 3 is 2.44 bits per heavy atom. The summed E-state index contributed by atoms with van der Waals surface area (Å²) in [4.78, 5) is 0. The standard InChI is InChI=1S/C15H26N2O/c1-11-9-14(18-5)12(2)8-13(11)10-17-7-6-15(3,4)16/h8-9,17H,6-7,10,16H2,1-5H3. The Kier molecular flexibility index (Phi) is 5.17. The van der Waals surface area contributed by atoms with Crippen LogP contribution in [0.25, 0.3) is 0 Å². The molecular formula is C15H26N2O. The van der Waals surface area contributed by atoms with Gasteiger partial charge in [0, 0.05) is 12.1 Å². The summed E-state index contributed by atoms with van der Waals surface area (Å²) in [5, 5.41) is 3.44. The molecular weight excluding hydrogens is 224 g/mol. The van der Waals surface area contributed by atoms with Crippen molar-refractivity contribution in [2.75, 3.05) is 13.7 Å². The van der Waals surface area contributed by atoms with Gasteiger partial charge in [-0.25, -0.2) is 0 Å². The Morgan fingerprint density at radius 1 is 1.22 bits per heavy atom. The molecule has 0 fully saturated rings. The largest absolute Gasteiger partial charge is 0.496 e. The quantitative estimate of drug-likeness (QED) is 0.763. The molecule has 0 bridgehead atoms. The van der Waals surface area contributed by atoms with E-state index in [9.17, 15) is 0 Å². The minimum atomic E-state index is -0.0993. The molecule has 18 heavy (non-hydrogen) atoms. The summed E-state index contributed by atoms with van der Waals surface area (Å²) in [7, 11) is 1.71. The van der Waals surface area contributed by atoms with Crippen LogP contribution < -0.4 is 15.8 Å². The maximum atomic E-state index is 5.95. The summed E-state index contributed by atoms with van der Waals surface area (Å²) in [6.07, 6.45) is 0.973. The molecule has 0 unspecified atom stereocenters. The lowest BCUT2D eigenvalue weighted by Gasteiger charge is -2.19. The van der Waals surface area contributed by atoms with Crippen molar-refractivity contribution >= 4 is 0 Å². The number of nitrogens with one attached hydrogen (secondary N) is 1. The van der Waals surface area contributed by atoms with Crippen molar-refractivity contribution in [3.63, 3.8) is 0 Å². The Bertz CT molecular complexity index is 394. The average molecular weight is 250 g/mol. The molecule has 0 spiro atoms. The lowest BCUT2D eigenvalue weighted by molar-refractivity contribution is 0.411. The minimum absolute atomic E-state index is 0.0993. The van der Waals surface area contributed by atoms with Crippen molar-refractivity contribution in [3.8, 4) is 5.75 Å². The maximum Gasteiger partial charge on any atom is 0.122 e. The van der Waals surface area contributed by atoms with Crippen LogP contribution in [-0.2, 0) is 6.54 Å². The van der Waals surface area contributed by atoms with E-state index in [-0.39, 0.29) is 5.54 Å². The fourth-order valence-corrected chi connectivity index (χ4v) is 1.89. The van der Waals surface area contributed by atoms with Crippen molar-refractivity contribution in [2.45, 2.75) is 46.2 Å². The Balaban J connectivity index is 2.55. The van der Waals surface area contributed by atoms with Gasteiger partial charge in [-0.1, -0.05) is 6.07 Å². The van der Waals surface area contributed by atoms with Crippen LogP contribution in [0.5, 0.6) is 5.75 Å². The van der Waals surface area contributed by atoms with Gasteiger partial charge in [0.2, 0.25) is 0 Å². The number of hydrogen-bond donors (Lipinski definition) is 2. The van der Waals surface area contributed by atoms with Crippen LogP contribution in [0.15, 0.2) is 12.1 Å². The zero-order chi connectivity index (χ0) is 13.8. The van der Waals surface area contributed by atoms with E-state index in [4.69, 9.17) is 10.5 Å². The summed E-state index contributed by atoms with van der Waals surface area (Å²) in [6, 6.07) is 4.29. The lowest BCUT2D eigenvalue weighted by atomic mass is 10.0. The number of ether oxygens (including phenoxy) is 1. The summed E-state index contributed by atoms with van der Waals surface area (Å²) < 4.78 is 5.31. The lowest BCUT2D eigenvalue weighted by Crippen LogP contribution is -2.35. The van der Waals surface area contributed by atoms with Gasteiger partial charge in [-0.2, -0.15) is 0 Å². The summed E-state index contributed by atoms with van der Waals surface area (Å²) >= 11 is 0. The van der Waals surface area contributed by atoms with E-state index in [1.165, 1.54) is 16.7 Å². The first-order valence-corrected chi connectivity index (χ1v) is 6.47. The molecule has 3 N–H and O–H groups in total. The molecule has 0 aliphatic heterocycles. The van der Waals surface area contributed by atoms with Crippen molar-refractivity contribution in [3.05, 3.63) is 28.8 Å². The Morgan fingerprint density at radius 2 is 1.89 bits per heavy atom. The summed E-state index contributed by atoms with van der Waals surface area (Å²) in [5.74, 6) is 0.958. The van der Waals surface area contributed by atoms with E-state index in [1.54, 1.807) is 7.11 Å². The van der Waals surface area contributed by atoms with Crippen molar-refractivity contribution < 1.29 is 4.74 Å². The predicted octanol–water partition coefficient (Wildman–Crippen LogP) is 2.53. The zero-order valence-corrected chi connectivity index (χ0v) is 12.3. The topological polar surface area (TPSA) is 47.3 Å². The van der Waals surface area contributed by atoms with Gasteiger partial charge >= 0.3 is 0 Å². The van der Waals surface area contributed by atoms with Crippen LogP contribution in [0.4, 0.5) is 0 Å². The summed E-state index contributed by atoms with van der Waals surface area (Å²) in [6.45, 7) is 10.1. The van der Waals surface area contributed by atoms with Crippen molar-refractivity contribution in [1.29, 1.82) is 0 Å².